The van der Waals surface area contributed by atoms with Crippen LogP contribution in [0.15, 0.2) is 176 Å². The van der Waals surface area contributed by atoms with E-state index >= 15 is 0 Å². The van der Waals surface area contributed by atoms with Crippen molar-refractivity contribution in [3.8, 4) is 62.1 Å². The van der Waals surface area contributed by atoms with E-state index in [0.29, 0.717) is 51.1 Å². The Labute approximate surface area is 597 Å². The summed E-state index contributed by atoms with van der Waals surface area (Å²) in [6.07, 6.45) is -25.6. The molecule has 0 saturated heterocycles. The van der Waals surface area contributed by atoms with Crippen LogP contribution in [0.5, 0.6) is 11.5 Å². The Morgan fingerprint density at radius 2 is 1.02 bits per heavy atom. The van der Waals surface area contributed by atoms with Crippen molar-refractivity contribution in [3.63, 3.8) is 0 Å². The summed E-state index contributed by atoms with van der Waals surface area (Å²) in [6.45, 7) is -51.0. The predicted molar refractivity (Wildman–Crippen MR) is 363 cm³/mol. The molecule has 0 atom stereocenters. The molecule has 0 spiro atoms. The molecule has 3 aromatic heterocycles. The maximum absolute atomic E-state index is 10.7. The second-order valence-corrected chi connectivity index (χ2v) is 22.7. The van der Waals surface area contributed by atoms with Gasteiger partial charge in [0, 0.05) is 88.8 Å². The summed E-state index contributed by atoms with van der Waals surface area (Å²) >= 11 is 0. The highest BCUT2D eigenvalue weighted by atomic mass is 16.5. The van der Waals surface area contributed by atoms with Gasteiger partial charge >= 0.3 is 0 Å². The summed E-state index contributed by atoms with van der Waals surface area (Å²) < 4.78 is 547. The summed E-state index contributed by atoms with van der Waals surface area (Å²) in [5, 5.41) is 1.40. The van der Waals surface area contributed by atoms with Crippen LogP contribution in [0.1, 0.15) is 258 Å². The molecule has 0 N–H and O–H groups in total. The fourth-order valence-corrected chi connectivity index (χ4v) is 11.2. The number of ether oxygens (including phenoxy) is 1. The summed E-state index contributed by atoms with van der Waals surface area (Å²) in [6, 6.07) is 7.60. The van der Waals surface area contributed by atoms with E-state index in [1.165, 1.54) is 24.3 Å². The summed E-state index contributed by atoms with van der Waals surface area (Å²) in [7, 11) is 0. The van der Waals surface area contributed by atoms with E-state index in [-0.39, 0.29) is 17.2 Å². The smallest absolute Gasteiger partial charge is 0.269 e. The van der Waals surface area contributed by atoms with Crippen LogP contribution in [0.25, 0.3) is 83.4 Å². The number of benzene rings is 8. The minimum absolute atomic E-state index is 0.0551. The van der Waals surface area contributed by atoms with Gasteiger partial charge in [-0.25, -0.2) is 4.98 Å². The lowest BCUT2D eigenvalue weighted by atomic mass is 9.62. The zero-order valence-corrected chi connectivity index (χ0v) is 46.2. The first-order valence-electron chi connectivity index (χ1n) is 55.5. The number of para-hydroxylation sites is 2. The lowest BCUT2D eigenvalue weighted by molar-refractivity contribution is -0.571. The van der Waals surface area contributed by atoms with Gasteiger partial charge in [-0.15, -0.1) is 0 Å². The quantitative estimate of drug-likeness (QED) is 0.112. The third kappa shape index (κ3) is 9.56. The molecule has 0 aliphatic heterocycles. The van der Waals surface area contributed by atoms with Gasteiger partial charge < -0.3 is 4.74 Å². The van der Waals surface area contributed by atoms with Crippen molar-refractivity contribution < 1.29 is 87.4 Å². The summed E-state index contributed by atoms with van der Waals surface area (Å²) in [5.74, 6) is 0.328. The zero-order chi connectivity index (χ0) is 110. The number of hydrogen-bond donors (Lipinski definition) is 0. The minimum Gasteiger partial charge on any atom is -0.458 e. The maximum Gasteiger partial charge on any atom is 0.269 e. The molecule has 440 valence electrons. The van der Waals surface area contributed by atoms with E-state index in [0.717, 1.165) is 27.6 Å². The van der Waals surface area contributed by atoms with E-state index in [4.69, 9.17) is 42.6 Å². The van der Waals surface area contributed by atoms with Crippen LogP contribution in [0.2, 0.25) is 0 Å². The number of imidazole rings is 1. The lowest BCUT2D eigenvalue weighted by Crippen LogP contribution is -2.34. The van der Waals surface area contributed by atoms with Gasteiger partial charge in [-0.05, 0) is 203 Å². The molecule has 14 rings (SSSR count). The normalized spacial score (nSPS) is 32.7. The first kappa shape index (κ1) is 21.6. The number of nitrogens with zero attached hydrogens (tertiary/aromatic N) is 4. The maximum atomic E-state index is 10.7. The summed E-state index contributed by atoms with van der Waals surface area (Å²) in [4.78, 5) is 4.74. The molecule has 0 radical (unpaired) electrons. The molecule has 3 aliphatic rings. The second kappa shape index (κ2) is 19.7. The number of aromatic nitrogens is 4. The number of rotatable bonds is 8. The van der Waals surface area contributed by atoms with Crippen LogP contribution in [-0.4, -0.2) is 14.1 Å². The van der Waals surface area contributed by atoms with Crippen LogP contribution in [0.3, 0.4) is 0 Å². The second-order valence-electron chi connectivity index (χ2n) is 22.7. The van der Waals surface area contributed by atoms with E-state index in [1.54, 1.807) is 36.5 Å². The topological polar surface area (TPSA) is 35.9 Å². The van der Waals surface area contributed by atoms with Crippen molar-refractivity contribution in [1.82, 2.24) is 14.1 Å². The van der Waals surface area contributed by atoms with E-state index < -0.39 is 296 Å². The molecule has 8 aromatic carbocycles. The van der Waals surface area contributed by atoms with E-state index in [2.05, 4.69) is 6.33 Å². The Morgan fingerprint density at radius 3 is 1.61 bits per heavy atom. The van der Waals surface area contributed by atoms with Crippen molar-refractivity contribution in [2.24, 2.45) is 0 Å². The molecular formula is C82H86N4O. The Morgan fingerprint density at radius 1 is 0.494 bits per heavy atom. The van der Waals surface area contributed by atoms with Gasteiger partial charge in [0.05, 0.1) is 45.8 Å². The van der Waals surface area contributed by atoms with Crippen molar-refractivity contribution in [2.75, 3.05) is 0 Å². The largest absolute Gasteiger partial charge is 0.458 e. The van der Waals surface area contributed by atoms with Crippen molar-refractivity contribution in [3.05, 3.63) is 221 Å². The van der Waals surface area contributed by atoms with Gasteiger partial charge in [-0.2, -0.15) is 0 Å². The van der Waals surface area contributed by atoms with Gasteiger partial charge in [-0.1, -0.05) is 212 Å². The average Bonchev–Trinajstić information content (AvgIpc) is 0.796. The Bertz CT molecular complexity index is 6890. The fraction of sp³-hybridized carbons (Fsp3) is 0.341. The summed E-state index contributed by atoms with van der Waals surface area (Å²) in [5.41, 5.74) is -51.9. The molecular weight excluding hydrogens is 1060 g/mol. The standard InChI is InChI=1S/C82H86N4O/c1-76(2,3)56-36-43-83-74(48-56)86-70-25-17-16-22-62(70)63-31-30-59(50-72(63)86)87-58-21-18-20-57(49-58)84-51-85(73-47-53(29-35-71(73)84)52-26-32-64-67(44-52)80(10,11)40-37-77(64,4)5)75-60(54-27-33-65-68(45-54)81(12,13)41-38-78(65,6)7)23-19-24-61(75)55-28-34-66-69(46-55)82(14,15)42-39-79(66,8)9/h16-36,43-50H,37-42H2,1-15H3/i4D3,5D3,6D3,7D3,8D3,9D3,10D3,11D3,12D3,13D3,14D3,15D3,26D,27D,28D,32D,33D,34D,37D2,38D2,39D2,40D2,41D2,42D2,44D,45D,46D. The molecule has 87 heavy (non-hydrogen) atoms. The van der Waals surface area contributed by atoms with Crippen LogP contribution >= 0.6 is 0 Å². The van der Waals surface area contributed by atoms with Crippen LogP contribution in [-0.2, 0) is 37.9 Å². The Kier molecular flexibility index (Phi) is 4.91. The molecule has 0 amide bonds. The monoisotopic (exact) mass is 1200 g/mol. The van der Waals surface area contributed by atoms with Crippen molar-refractivity contribution in [1.29, 1.82) is 0 Å². The van der Waals surface area contributed by atoms with Gasteiger partial charge in [0.1, 0.15) is 17.3 Å². The fourth-order valence-electron chi connectivity index (χ4n) is 11.2. The first-order chi connectivity index (χ1) is 64.6. The molecule has 0 unspecified atom stereocenters. The minimum atomic E-state index is -5.11. The lowest BCUT2D eigenvalue weighted by Gasteiger charge is -2.42. The third-order valence-electron chi connectivity index (χ3n) is 15.5. The molecule has 0 bridgehead atoms. The van der Waals surface area contributed by atoms with Gasteiger partial charge in [0.2, 0.25) is 0 Å². The van der Waals surface area contributed by atoms with Crippen molar-refractivity contribution in [2.45, 2.75) is 179 Å². The molecule has 5 nitrogen and oxygen atoms in total. The van der Waals surface area contributed by atoms with E-state index in [9.17, 15) is 45.2 Å². The van der Waals surface area contributed by atoms with Gasteiger partial charge in [0.25, 0.3) is 6.33 Å². The molecule has 3 aliphatic carbocycles. The highest BCUT2D eigenvalue weighted by Gasteiger charge is 2.40. The van der Waals surface area contributed by atoms with Gasteiger partial charge in [-0.3, -0.25) is 13.7 Å². The highest BCUT2D eigenvalue weighted by molar-refractivity contribution is 6.09. The predicted octanol–water partition coefficient (Wildman–Crippen LogP) is 21.3. The molecule has 0 saturated carbocycles. The highest BCUT2D eigenvalue weighted by Crippen LogP contribution is 2.51. The number of hydrogen-bond acceptors (Lipinski definition) is 2. The first-order valence-corrected chi connectivity index (χ1v) is 27.0. The van der Waals surface area contributed by atoms with Crippen LogP contribution < -0.4 is 9.30 Å². The Balaban J connectivity index is 1.26. The van der Waals surface area contributed by atoms with Crippen LogP contribution in [0.4, 0.5) is 0 Å². The number of fused-ring (bicyclic) bond motifs is 7. The zero-order valence-electron chi connectivity index (χ0n) is 103. The van der Waals surface area contributed by atoms with Crippen LogP contribution in [0, 0.1) is 6.33 Å². The van der Waals surface area contributed by atoms with Crippen molar-refractivity contribution >= 4 is 32.8 Å². The molecule has 5 heteroatoms. The SMILES string of the molecule is [2H]c1c([2H])c2c(c([2H])c1-c1ccc3c(c1)[n+](-c1c(-c4c([2H])c([2H])c5c(c4[2H])C(C([2H])([2H])[2H])(C([2H])([2H])[2H])C([2H])([2H])C([2H])([2H])C5(C([2H])([2H])[2H])C([2H])([2H])[2H])cccc1-c1c([2H])c([2H])c4c(c1[2H])C(C([2H])([2H])[2H])(C([2H])([2H])[2H])C([2H])([2H])C([2H])([2H])C4(C([2H])([2H])[2H])C([2H])([2H])[2H])[c-]n3-c1cccc(Oc3ccc4c5ccccc5n(-c5cc(C(C)(C)C)ccn5)c4c3)c1)C(C([2H])([2H])[2H])(C([2H])([2H])[2H])C([2H])([2H])C([2H])([2H])C2(C([2H])([2H])[2H])C([2H])([2H])[2H]. The molecule has 3 heterocycles. The third-order valence-corrected chi connectivity index (χ3v) is 15.5. The average molecular weight is 1200 g/mol. The number of pyridine rings is 1. The van der Waals surface area contributed by atoms with Gasteiger partial charge in [0.15, 0.2) is 0 Å². The molecule has 0 fully saturated rings. The Hall–Kier alpha value is -8.02. The van der Waals surface area contributed by atoms with E-state index in [1.807, 2.05) is 49.6 Å². The molecule has 11 aromatic rings.